The van der Waals surface area contributed by atoms with E-state index in [9.17, 15) is 4.79 Å². The van der Waals surface area contributed by atoms with Gasteiger partial charge < -0.3 is 14.3 Å². The molecule has 1 aliphatic rings. The summed E-state index contributed by atoms with van der Waals surface area (Å²) in [6.07, 6.45) is 6.24. The van der Waals surface area contributed by atoms with Gasteiger partial charge >= 0.3 is 0 Å². The predicted molar refractivity (Wildman–Crippen MR) is 85.1 cm³/mol. The third kappa shape index (κ3) is 2.28. The Morgan fingerprint density at radius 2 is 2.23 bits per heavy atom. The molecule has 0 unspecified atom stereocenters. The highest BCUT2D eigenvalue weighted by molar-refractivity contribution is 5.83. The van der Waals surface area contributed by atoms with Crippen molar-refractivity contribution in [2.75, 3.05) is 7.11 Å². The van der Waals surface area contributed by atoms with E-state index in [-0.39, 0.29) is 5.56 Å². The standard InChI is InChI=1S/C17H17N3O2/c1-22-13-4-5-15-12(8-13)9-14(17(21)19-15)16-18-6-7-20(16)10-11-2-3-11/h4-9,11H,2-3,10H2,1H3,(H,19,21). The minimum atomic E-state index is -0.110. The van der Waals surface area contributed by atoms with Crippen LogP contribution in [0.4, 0.5) is 0 Å². The first-order valence-electron chi connectivity index (χ1n) is 7.47. The van der Waals surface area contributed by atoms with Crippen LogP contribution in [-0.4, -0.2) is 21.6 Å². The number of aromatic amines is 1. The normalized spacial score (nSPS) is 14.4. The van der Waals surface area contributed by atoms with Crippen molar-refractivity contribution in [1.82, 2.24) is 14.5 Å². The number of H-pyrrole nitrogens is 1. The molecule has 5 heteroatoms. The molecule has 0 atom stereocenters. The third-order valence-electron chi connectivity index (χ3n) is 4.16. The summed E-state index contributed by atoms with van der Waals surface area (Å²) in [5, 5.41) is 0.940. The highest BCUT2D eigenvalue weighted by Crippen LogP contribution is 2.32. The van der Waals surface area contributed by atoms with Crippen molar-refractivity contribution in [3.63, 3.8) is 0 Å². The summed E-state index contributed by atoms with van der Waals surface area (Å²) in [5.74, 6) is 2.23. The van der Waals surface area contributed by atoms with E-state index in [0.29, 0.717) is 5.56 Å². The lowest BCUT2D eigenvalue weighted by atomic mass is 10.1. The third-order valence-corrected chi connectivity index (χ3v) is 4.16. The topological polar surface area (TPSA) is 59.9 Å². The predicted octanol–water partition coefficient (Wildman–Crippen LogP) is 2.81. The van der Waals surface area contributed by atoms with Crippen molar-refractivity contribution in [2.45, 2.75) is 19.4 Å². The summed E-state index contributed by atoms with van der Waals surface area (Å²) in [4.78, 5) is 19.7. The lowest BCUT2D eigenvalue weighted by Crippen LogP contribution is -2.12. The maximum absolute atomic E-state index is 12.4. The summed E-state index contributed by atoms with van der Waals surface area (Å²) in [5.41, 5.74) is 1.29. The van der Waals surface area contributed by atoms with Crippen LogP contribution in [0, 0.1) is 5.92 Å². The first-order valence-corrected chi connectivity index (χ1v) is 7.47. The molecular formula is C17H17N3O2. The molecule has 2 heterocycles. The van der Waals surface area contributed by atoms with Gasteiger partial charge in [0.2, 0.25) is 0 Å². The van der Waals surface area contributed by atoms with E-state index in [2.05, 4.69) is 14.5 Å². The van der Waals surface area contributed by atoms with E-state index in [1.807, 2.05) is 30.5 Å². The van der Waals surface area contributed by atoms with E-state index in [1.54, 1.807) is 13.3 Å². The number of hydrogen-bond acceptors (Lipinski definition) is 3. The van der Waals surface area contributed by atoms with Crippen LogP contribution < -0.4 is 10.3 Å². The van der Waals surface area contributed by atoms with Crippen molar-refractivity contribution >= 4 is 10.9 Å². The fourth-order valence-electron chi connectivity index (χ4n) is 2.76. The number of nitrogens with one attached hydrogen (secondary N) is 1. The second kappa shape index (κ2) is 5.02. The summed E-state index contributed by atoms with van der Waals surface area (Å²) in [6.45, 7) is 0.935. The fraction of sp³-hybridized carbons (Fsp3) is 0.294. The molecule has 5 nitrogen and oxygen atoms in total. The number of aromatic nitrogens is 3. The average Bonchev–Trinajstić information content (AvgIpc) is 3.22. The minimum Gasteiger partial charge on any atom is -0.497 e. The summed E-state index contributed by atoms with van der Waals surface area (Å²) in [7, 11) is 1.64. The number of pyridine rings is 1. The molecule has 4 rings (SSSR count). The molecule has 3 aromatic rings. The van der Waals surface area contributed by atoms with Crippen molar-refractivity contribution in [3.8, 4) is 17.1 Å². The van der Waals surface area contributed by atoms with Crippen molar-refractivity contribution < 1.29 is 4.74 Å². The number of ether oxygens (including phenoxy) is 1. The quantitative estimate of drug-likeness (QED) is 0.805. The average molecular weight is 295 g/mol. The Morgan fingerprint density at radius 3 is 3.00 bits per heavy atom. The first kappa shape index (κ1) is 13.1. The zero-order valence-electron chi connectivity index (χ0n) is 12.4. The molecule has 1 saturated carbocycles. The number of benzene rings is 1. The molecule has 1 aliphatic carbocycles. The molecule has 2 aromatic heterocycles. The van der Waals surface area contributed by atoms with Crippen LogP contribution >= 0.6 is 0 Å². The van der Waals surface area contributed by atoms with Gasteiger partial charge in [0.15, 0.2) is 0 Å². The Bertz CT molecular complexity index is 890. The first-order chi connectivity index (χ1) is 10.7. The van der Waals surface area contributed by atoms with E-state index in [0.717, 1.165) is 34.9 Å². The lowest BCUT2D eigenvalue weighted by Gasteiger charge is -2.08. The molecular weight excluding hydrogens is 278 g/mol. The number of fused-ring (bicyclic) bond motifs is 1. The van der Waals surface area contributed by atoms with Gasteiger partial charge in [0.1, 0.15) is 11.6 Å². The monoisotopic (exact) mass is 295 g/mol. The Labute approximate surface area is 127 Å². The SMILES string of the molecule is COc1ccc2[nH]c(=O)c(-c3nccn3CC3CC3)cc2c1. The Kier molecular flexibility index (Phi) is 2.99. The summed E-state index contributed by atoms with van der Waals surface area (Å²) in [6, 6.07) is 7.51. The number of hydrogen-bond donors (Lipinski definition) is 1. The molecule has 22 heavy (non-hydrogen) atoms. The van der Waals surface area contributed by atoms with Gasteiger partial charge in [-0.25, -0.2) is 4.98 Å². The van der Waals surface area contributed by atoms with Gasteiger partial charge in [0.05, 0.1) is 12.7 Å². The van der Waals surface area contributed by atoms with E-state index >= 15 is 0 Å². The van der Waals surface area contributed by atoms with Crippen LogP contribution in [0.3, 0.4) is 0 Å². The van der Waals surface area contributed by atoms with Crippen LogP contribution in [-0.2, 0) is 6.54 Å². The largest absolute Gasteiger partial charge is 0.497 e. The maximum atomic E-state index is 12.4. The van der Waals surface area contributed by atoms with Crippen LogP contribution in [0.15, 0.2) is 41.5 Å². The Morgan fingerprint density at radius 1 is 1.36 bits per heavy atom. The van der Waals surface area contributed by atoms with E-state index < -0.39 is 0 Å². The molecule has 0 amide bonds. The molecule has 1 fully saturated rings. The molecule has 112 valence electrons. The van der Waals surface area contributed by atoms with Crippen molar-refractivity contribution in [1.29, 1.82) is 0 Å². The number of methoxy groups -OCH3 is 1. The van der Waals surface area contributed by atoms with Crippen LogP contribution in [0.1, 0.15) is 12.8 Å². The molecule has 1 aromatic carbocycles. The zero-order chi connectivity index (χ0) is 15.1. The van der Waals surface area contributed by atoms with Gasteiger partial charge in [0.25, 0.3) is 5.56 Å². The Balaban J connectivity index is 1.85. The second-order valence-corrected chi connectivity index (χ2v) is 5.81. The maximum Gasteiger partial charge on any atom is 0.259 e. The van der Waals surface area contributed by atoms with Crippen LogP contribution in [0.25, 0.3) is 22.3 Å². The van der Waals surface area contributed by atoms with Crippen LogP contribution in [0.5, 0.6) is 5.75 Å². The van der Waals surface area contributed by atoms with Crippen molar-refractivity contribution in [2.24, 2.45) is 5.92 Å². The highest BCUT2D eigenvalue weighted by Gasteiger charge is 2.23. The smallest absolute Gasteiger partial charge is 0.259 e. The van der Waals surface area contributed by atoms with Crippen LogP contribution in [0.2, 0.25) is 0 Å². The second-order valence-electron chi connectivity index (χ2n) is 5.81. The van der Waals surface area contributed by atoms with Gasteiger partial charge in [-0.15, -0.1) is 0 Å². The Hall–Kier alpha value is -2.56. The molecule has 0 bridgehead atoms. The summed E-state index contributed by atoms with van der Waals surface area (Å²) < 4.78 is 7.33. The van der Waals surface area contributed by atoms with Gasteiger partial charge in [0, 0.05) is 29.8 Å². The van der Waals surface area contributed by atoms with Gasteiger partial charge in [-0.05, 0) is 43.0 Å². The zero-order valence-corrected chi connectivity index (χ0v) is 12.4. The molecule has 0 radical (unpaired) electrons. The van der Waals surface area contributed by atoms with Gasteiger partial charge in [-0.3, -0.25) is 4.79 Å². The van der Waals surface area contributed by atoms with E-state index in [4.69, 9.17) is 4.74 Å². The molecule has 0 spiro atoms. The fourth-order valence-corrected chi connectivity index (χ4v) is 2.76. The van der Waals surface area contributed by atoms with Gasteiger partial charge in [-0.1, -0.05) is 0 Å². The molecule has 0 saturated heterocycles. The number of nitrogens with zero attached hydrogens (tertiary/aromatic N) is 2. The van der Waals surface area contributed by atoms with E-state index in [1.165, 1.54) is 12.8 Å². The highest BCUT2D eigenvalue weighted by atomic mass is 16.5. The van der Waals surface area contributed by atoms with Crippen molar-refractivity contribution in [3.05, 3.63) is 47.0 Å². The number of rotatable bonds is 4. The molecule has 0 aliphatic heterocycles. The summed E-state index contributed by atoms with van der Waals surface area (Å²) >= 11 is 0. The minimum absolute atomic E-state index is 0.110. The molecule has 1 N–H and O–H groups in total. The van der Waals surface area contributed by atoms with Gasteiger partial charge in [-0.2, -0.15) is 0 Å². The lowest BCUT2D eigenvalue weighted by molar-refractivity contribution is 0.415. The number of imidazole rings is 1.